The maximum absolute atomic E-state index is 13.6. The minimum absolute atomic E-state index is 0.0548. The summed E-state index contributed by atoms with van der Waals surface area (Å²) in [7, 11) is 3.01. The maximum Gasteiger partial charge on any atom is 0.322 e. The van der Waals surface area contributed by atoms with Crippen molar-refractivity contribution in [1.82, 2.24) is 0 Å². The molecule has 0 bridgehead atoms. The highest BCUT2D eigenvalue weighted by atomic mass is 79.9. The highest BCUT2D eigenvalue weighted by molar-refractivity contribution is 9.10. The largest absolute Gasteiger partial charge is 0.463 e. The van der Waals surface area contributed by atoms with E-state index in [0.29, 0.717) is 10.8 Å². The second kappa shape index (κ2) is 16.2. The van der Waals surface area contributed by atoms with Gasteiger partial charge >= 0.3 is 23.9 Å². The lowest BCUT2D eigenvalue weighted by atomic mass is 9.75. The van der Waals surface area contributed by atoms with Crippen LogP contribution >= 0.6 is 41.2 Å². The Labute approximate surface area is 290 Å². The topological polar surface area (TPSA) is 124 Å². The van der Waals surface area contributed by atoms with Crippen LogP contribution in [-0.4, -0.2) is 68.8 Å². The number of benzene rings is 2. The minimum Gasteiger partial charge on any atom is -0.463 e. The molecule has 2 aromatic carbocycles. The Morgan fingerprint density at radius 2 is 0.978 bits per heavy atom. The molecule has 1 unspecified atom stereocenters. The molecule has 0 radical (unpaired) electrons. The highest BCUT2D eigenvalue weighted by Gasteiger charge is 2.44. The van der Waals surface area contributed by atoms with E-state index >= 15 is 0 Å². The Balaban J connectivity index is 2.36. The van der Waals surface area contributed by atoms with Crippen LogP contribution in [0.5, 0.6) is 11.5 Å². The van der Waals surface area contributed by atoms with E-state index in [-0.39, 0.29) is 60.6 Å². The Kier molecular flexibility index (Phi) is 14.0. The predicted molar refractivity (Wildman–Crippen MR) is 183 cm³/mol. The summed E-state index contributed by atoms with van der Waals surface area (Å²) in [6.45, 7) is 12.4. The van der Waals surface area contributed by atoms with E-state index in [1.54, 1.807) is 72.7 Å². The fraction of sp³-hybridized carbons (Fsp3) is 0.576. The van der Waals surface area contributed by atoms with E-state index < -0.39 is 44.4 Å². The molecular formula is C33H45BrO10S2. The van der Waals surface area contributed by atoms with Gasteiger partial charge in [0.15, 0.2) is 11.5 Å². The van der Waals surface area contributed by atoms with Gasteiger partial charge in [-0.15, -0.1) is 25.3 Å². The number of carbonyl (C=O) groups excluding carboxylic acids is 4. The van der Waals surface area contributed by atoms with Gasteiger partial charge in [-0.05, 0) is 61.3 Å². The number of fused-ring (bicyclic) bond motifs is 1. The van der Waals surface area contributed by atoms with E-state index in [1.165, 1.54) is 14.2 Å². The fourth-order valence-corrected chi connectivity index (χ4v) is 6.37. The highest BCUT2D eigenvalue weighted by Crippen LogP contribution is 2.47. The second-order valence-corrected chi connectivity index (χ2v) is 15.8. The Morgan fingerprint density at radius 3 is 1.39 bits per heavy atom. The molecule has 0 heterocycles. The van der Waals surface area contributed by atoms with Crippen LogP contribution in [0.25, 0.3) is 10.8 Å². The molecule has 0 amide bonds. The number of ether oxygens (including phenoxy) is 6. The van der Waals surface area contributed by atoms with Crippen LogP contribution in [0.15, 0.2) is 34.1 Å². The average molecular weight is 746 g/mol. The van der Waals surface area contributed by atoms with Crippen LogP contribution in [0.1, 0.15) is 61.3 Å². The van der Waals surface area contributed by atoms with Gasteiger partial charge in [0.25, 0.3) is 0 Å². The van der Waals surface area contributed by atoms with Crippen LogP contribution in [-0.2, 0) is 38.1 Å². The Bertz CT molecular complexity index is 1330. The summed E-state index contributed by atoms with van der Waals surface area (Å²) in [4.78, 5) is 52.9. The van der Waals surface area contributed by atoms with Gasteiger partial charge in [0.05, 0.1) is 39.2 Å². The zero-order chi connectivity index (χ0) is 35.1. The maximum atomic E-state index is 13.6. The van der Waals surface area contributed by atoms with Crippen molar-refractivity contribution in [3.8, 4) is 11.5 Å². The number of hydrogen-bond acceptors (Lipinski definition) is 12. The van der Waals surface area contributed by atoms with Crippen molar-refractivity contribution >= 4 is 75.8 Å². The van der Waals surface area contributed by atoms with Gasteiger partial charge in [0, 0.05) is 25.0 Å². The molecule has 0 spiro atoms. The van der Waals surface area contributed by atoms with Crippen LogP contribution in [0, 0.1) is 16.2 Å². The molecule has 46 heavy (non-hydrogen) atoms. The predicted octanol–water partition coefficient (Wildman–Crippen LogP) is 6.62. The van der Waals surface area contributed by atoms with Crippen molar-refractivity contribution in [3.05, 3.63) is 24.3 Å². The van der Waals surface area contributed by atoms with Crippen molar-refractivity contribution in [2.24, 2.45) is 16.2 Å². The second-order valence-electron chi connectivity index (χ2n) is 13.1. The van der Waals surface area contributed by atoms with Gasteiger partial charge in [-0.2, -0.15) is 0 Å². The van der Waals surface area contributed by atoms with Crippen molar-refractivity contribution in [2.45, 2.75) is 75.4 Å². The van der Waals surface area contributed by atoms with Gasteiger partial charge in [-0.3, -0.25) is 19.2 Å². The molecule has 0 saturated heterocycles. The first-order valence-corrected chi connectivity index (χ1v) is 16.3. The first kappa shape index (κ1) is 39.9. The van der Waals surface area contributed by atoms with E-state index in [9.17, 15) is 19.2 Å². The molecule has 0 aliphatic carbocycles. The van der Waals surface area contributed by atoms with E-state index in [2.05, 4.69) is 41.2 Å². The number of thiol groups is 2. The summed E-state index contributed by atoms with van der Waals surface area (Å²) >= 11 is 12.6. The average Bonchev–Trinajstić information content (AvgIpc) is 2.96. The summed E-state index contributed by atoms with van der Waals surface area (Å²) in [5.74, 6) is -1.96. The van der Waals surface area contributed by atoms with Crippen molar-refractivity contribution in [2.75, 3.05) is 40.6 Å². The zero-order valence-corrected chi connectivity index (χ0v) is 31.3. The fourth-order valence-electron chi connectivity index (χ4n) is 5.02. The molecule has 13 heteroatoms. The van der Waals surface area contributed by atoms with Crippen LogP contribution in [0.4, 0.5) is 0 Å². The number of hydrogen-bond donors (Lipinski definition) is 2. The van der Waals surface area contributed by atoms with Gasteiger partial charge in [-0.25, -0.2) is 0 Å². The smallest absolute Gasteiger partial charge is 0.322 e. The van der Waals surface area contributed by atoms with E-state index in [1.807, 2.05) is 0 Å². The molecule has 0 aliphatic rings. The molecular weight excluding hydrogens is 700 g/mol. The Morgan fingerprint density at radius 1 is 0.609 bits per heavy atom. The quantitative estimate of drug-likeness (QED) is 0.0638. The molecule has 0 fully saturated rings. The monoisotopic (exact) mass is 744 g/mol. The SMILES string of the molecule is COCCOC(=O)C(C)(C)CC(C)(C)C(=O)Oc1c(S)c(S)c(OC(=O)C(C)(C)CC(C)(Br)C(=O)OCCOC)c2ccccc12. The lowest BCUT2D eigenvalue weighted by Gasteiger charge is -2.32. The van der Waals surface area contributed by atoms with Gasteiger partial charge in [0.2, 0.25) is 0 Å². The number of rotatable bonds is 16. The lowest BCUT2D eigenvalue weighted by Crippen LogP contribution is -2.40. The number of esters is 4. The summed E-state index contributed by atoms with van der Waals surface area (Å²) in [6, 6.07) is 6.91. The molecule has 0 aromatic heterocycles. The van der Waals surface area contributed by atoms with E-state index in [0.717, 1.165) is 0 Å². The molecule has 10 nitrogen and oxygen atoms in total. The first-order valence-electron chi connectivity index (χ1n) is 14.6. The molecule has 0 aliphatic heterocycles. The van der Waals surface area contributed by atoms with E-state index in [4.69, 9.17) is 28.4 Å². The summed E-state index contributed by atoms with van der Waals surface area (Å²) in [6.07, 6.45) is 0.189. The van der Waals surface area contributed by atoms with Gasteiger partial charge < -0.3 is 28.4 Å². The molecule has 0 saturated carbocycles. The standard InChI is InChI=1S/C33H45BrO10S2/c1-30(2,26(35)41-16-14-39-8)18-31(3,4)27(36)43-22-20-12-10-11-13-21(20)23(25(46)24(22)45)44-28(37)32(5,6)19-33(7,34)29(38)42-17-15-40-9/h10-13,45-46H,14-19H2,1-9H3. The normalized spacial score (nSPS) is 13.6. The van der Waals surface area contributed by atoms with Crippen LogP contribution in [0.3, 0.4) is 0 Å². The number of halogens is 1. The lowest BCUT2D eigenvalue weighted by molar-refractivity contribution is -0.159. The molecule has 0 N–H and O–H groups in total. The number of methoxy groups -OCH3 is 2. The Hall–Kier alpha value is -2.32. The number of alkyl halides is 1. The zero-order valence-electron chi connectivity index (χ0n) is 27.9. The van der Waals surface area contributed by atoms with Gasteiger partial charge in [0.1, 0.15) is 17.5 Å². The van der Waals surface area contributed by atoms with Gasteiger partial charge in [-0.1, -0.05) is 40.2 Å². The molecule has 1 atom stereocenters. The number of carbonyl (C=O) groups is 4. The van der Waals surface area contributed by atoms with Crippen molar-refractivity contribution < 1.29 is 47.6 Å². The minimum atomic E-state index is -1.18. The third-order valence-corrected chi connectivity index (χ3v) is 8.88. The van der Waals surface area contributed by atoms with Crippen LogP contribution in [0.2, 0.25) is 0 Å². The summed E-state index contributed by atoms with van der Waals surface area (Å²) < 4.78 is 31.1. The molecule has 2 rings (SSSR count). The van der Waals surface area contributed by atoms with Crippen molar-refractivity contribution in [3.63, 3.8) is 0 Å². The third kappa shape index (κ3) is 10.1. The van der Waals surface area contributed by atoms with Crippen molar-refractivity contribution in [1.29, 1.82) is 0 Å². The molecule has 256 valence electrons. The summed E-state index contributed by atoms with van der Waals surface area (Å²) in [5, 5.41) is 0.915. The summed E-state index contributed by atoms with van der Waals surface area (Å²) in [5.41, 5.74) is -3.25. The first-order chi connectivity index (χ1) is 21.2. The third-order valence-electron chi connectivity index (χ3n) is 7.24. The van der Waals surface area contributed by atoms with Crippen LogP contribution < -0.4 is 9.47 Å². The molecule has 2 aromatic rings.